The highest BCUT2D eigenvalue weighted by Crippen LogP contribution is 2.38. The molecule has 1 atom stereocenters. The summed E-state index contributed by atoms with van der Waals surface area (Å²) >= 11 is 0. The van der Waals surface area contributed by atoms with Gasteiger partial charge in [0.25, 0.3) is 11.8 Å². The molecule has 146 valence electrons. The van der Waals surface area contributed by atoms with Gasteiger partial charge in [-0.3, -0.25) is 9.32 Å². The number of aliphatic hydroxyl groups excluding tert-OH is 1. The maximum Gasteiger partial charge on any atom is 0.442 e. The average Bonchev–Trinajstić information content (AvgIpc) is 3.28. The van der Waals surface area contributed by atoms with Crippen molar-refractivity contribution in [3.8, 4) is 17.4 Å². The van der Waals surface area contributed by atoms with Gasteiger partial charge in [0.1, 0.15) is 5.82 Å². The van der Waals surface area contributed by atoms with Crippen molar-refractivity contribution in [2.24, 2.45) is 0 Å². The van der Waals surface area contributed by atoms with Gasteiger partial charge < -0.3 is 15.2 Å². The predicted molar refractivity (Wildman–Crippen MR) is 87.9 cm³/mol. The van der Waals surface area contributed by atoms with Gasteiger partial charge in [-0.2, -0.15) is 0 Å². The Morgan fingerprint density at radius 1 is 1.39 bits per heavy atom. The minimum Gasteiger partial charge on any atom is -0.464 e. The van der Waals surface area contributed by atoms with Gasteiger partial charge in [0.15, 0.2) is 6.61 Å². The van der Waals surface area contributed by atoms with Crippen LogP contribution in [0.2, 0.25) is 0 Å². The summed E-state index contributed by atoms with van der Waals surface area (Å²) in [4.78, 5) is 23.8. The van der Waals surface area contributed by atoms with Gasteiger partial charge >= 0.3 is 5.76 Å². The first kappa shape index (κ1) is 17.9. The molecular weight excluding hydrogens is 377 g/mol. The highest BCUT2D eigenvalue weighted by molar-refractivity contribution is 5.77. The summed E-state index contributed by atoms with van der Waals surface area (Å²) in [6.45, 7) is -0.551. The van der Waals surface area contributed by atoms with Crippen LogP contribution in [0.4, 0.5) is 4.39 Å². The third kappa shape index (κ3) is 3.13. The third-order valence-corrected chi connectivity index (χ3v) is 4.27. The SMILES string of the molecule is O=C(COc1nonc1-c1noc(=O)n1[C@H]1Cc2ccc(F)cc21)NCCO. The van der Waals surface area contributed by atoms with Crippen LogP contribution in [0.1, 0.15) is 17.2 Å². The number of carbonyl (C=O) groups is 1. The average molecular weight is 391 g/mol. The summed E-state index contributed by atoms with van der Waals surface area (Å²) < 4.78 is 29.4. The highest BCUT2D eigenvalue weighted by Gasteiger charge is 2.34. The smallest absolute Gasteiger partial charge is 0.442 e. The number of hydrogen-bond acceptors (Lipinski definition) is 9. The molecule has 3 aromatic rings. The minimum absolute atomic E-state index is 0.0167. The van der Waals surface area contributed by atoms with Crippen LogP contribution in [-0.2, 0) is 11.2 Å². The van der Waals surface area contributed by atoms with Gasteiger partial charge in [-0.05, 0) is 40.0 Å². The van der Waals surface area contributed by atoms with Crippen molar-refractivity contribution in [1.82, 2.24) is 25.4 Å². The number of nitrogens with zero attached hydrogens (tertiary/aromatic N) is 4. The Balaban J connectivity index is 1.60. The number of rotatable bonds is 7. The van der Waals surface area contributed by atoms with Gasteiger partial charge in [-0.25, -0.2) is 18.4 Å². The molecule has 11 nitrogen and oxygen atoms in total. The van der Waals surface area contributed by atoms with Crippen molar-refractivity contribution in [1.29, 1.82) is 0 Å². The molecule has 0 bridgehead atoms. The number of aliphatic hydroxyl groups is 1. The summed E-state index contributed by atoms with van der Waals surface area (Å²) in [5.41, 5.74) is 1.50. The van der Waals surface area contributed by atoms with Crippen LogP contribution in [0.5, 0.6) is 5.88 Å². The lowest BCUT2D eigenvalue weighted by atomic mass is 9.83. The van der Waals surface area contributed by atoms with Crippen LogP contribution in [-0.4, -0.2) is 50.8 Å². The van der Waals surface area contributed by atoms with E-state index >= 15 is 0 Å². The van der Waals surface area contributed by atoms with Crippen LogP contribution < -0.4 is 15.8 Å². The number of aromatic nitrogens is 4. The van der Waals surface area contributed by atoms with E-state index in [2.05, 4.69) is 25.4 Å². The van der Waals surface area contributed by atoms with Crippen LogP contribution in [0.15, 0.2) is 32.1 Å². The maximum absolute atomic E-state index is 13.6. The number of fused-ring (bicyclic) bond motifs is 1. The second-order valence-corrected chi connectivity index (χ2v) is 5.99. The summed E-state index contributed by atoms with van der Waals surface area (Å²) in [6, 6.07) is 3.85. The Kier molecular flexibility index (Phi) is 4.61. The first-order chi connectivity index (χ1) is 13.6. The molecule has 0 radical (unpaired) electrons. The lowest BCUT2D eigenvalue weighted by Crippen LogP contribution is -2.32. The lowest BCUT2D eigenvalue weighted by Gasteiger charge is -2.30. The Labute approximate surface area is 155 Å². The molecule has 1 aliphatic rings. The van der Waals surface area contributed by atoms with Gasteiger partial charge in [-0.1, -0.05) is 11.2 Å². The molecule has 0 aliphatic heterocycles. The molecule has 2 N–H and O–H groups in total. The standard InChI is InChI=1S/C16H14FN5O6/c17-9-2-1-8-5-11(10(8)6-9)22-14(20-27-16(22)25)13-15(21-28-19-13)26-7-12(24)18-3-4-23/h1-2,6,11,23H,3-5,7H2,(H,18,24)/t11-/m0/s1. The lowest BCUT2D eigenvalue weighted by molar-refractivity contribution is -0.123. The monoisotopic (exact) mass is 391 g/mol. The number of amides is 1. The molecule has 0 spiro atoms. The van der Waals surface area contributed by atoms with E-state index in [9.17, 15) is 14.0 Å². The predicted octanol–water partition coefficient (Wildman–Crippen LogP) is -0.342. The molecule has 0 saturated carbocycles. The van der Waals surface area contributed by atoms with E-state index in [1.165, 1.54) is 16.7 Å². The van der Waals surface area contributed by atoms with E-state index in [1.807, 2.05) is 0 Å². The Hall–Kier alpha value is -3.54. The maximum atomic E-state index is 13.6. The van der Waals surface area contributed by atoms with Crippen LogP contribution >= 0.6 is 0 Å². The molecule has 0 fully saturated rings. The highest BCUT2D eigenvalue weighted by atomic mass is 19.1. The van der Waals surface area contributed by atoms with Gasteiger partial charge in [0.05, 0.1) is 12.6 Å². The van der Waals surface area contributed by atoms with E-state index in [0.717, 1.165) is 5.56 Å². The van der Waals surface area contributed by atoms with Crippen molar-refractivity contribution in [2.75, 3.05) is 19.8 Å². The van der Waals surface area contributed by atoms with E-state index in [4.69, 9.17) is 14.4 Å². The van der Waals surface area contributed by atoms with Crippen molar-refractivity contribution < 1.29 is 28.2 Å². The topological polar surface area (TPSA) is 146 Å². The van der Waals surface area contributed by atoms with Crippen molar-refractivity contribution in [2.45, 2.75) is 12.5 Å². The summed E-state index contributed by atoms with van der Waals surface area (Å²) in [6.07, 6.45) is 0.481. The van der Waals surface area contributed by atoms with E-state index in [0.29, 0.717) is 12.0 Å². The summed E-state index contributed by atoms with van der Waals surface area (Å²) in [5.74, 6) is -1.86. The fourth-order valence-corrected chi connectivity index (χ4v) is 2.96. The molecule has 1 amide bonds. The van der Waals surface area contributed by atoms with Gasteiger partial charge in [0, 0.05) is 6.54 Å². The second-order valence-electron chi connectivity index (χ2n) is 5.99. The van der Waals surface area contributed by atoms with Crippen molar-refractivity contribution >= 4 is 5.91 Å². The van der Waals surface area contributed by atoms with Crippen LogP contribution in [0.25, 0.3) is 11.5 Å². The Morgan fingerprint density at radius 2 is 2.25 bits per heavy atom. The number of ether oxygens (including phenoxy) is 1. The van der Waals surface area contributed by atoms with Crippen LogP contribution in [0.3, 0.4) is 0 Å². The number of hydrogen-bond donors (Lipinski definition) is 2. The number of benzene rings is 1. The Bertz CT molecular complexity index is 1070. The number of halogens is 1. The fourth-order valence-electron chi connectivity index (χ4n) is 2.96. The zero-order valence-electron chi connectivity index (χ0n) is 14.3. The van der Waals surface area contributed by atoms with Gasteiger partial charge in [-0.15, -0.1) is 0 Å². The molecule has 1 aliphatic carbocycles. The molecule has 2 heterocycles. The molecule has 28 heavy (non-hydrogen) atoms. The molecule has 2 aromatic heterocycles. The fraction of sp³-hybridized carbons (Fsp3) is 0.312. The molecular formula is C16H14FN5O6. The normalized spacial score (nSPS) is 15.0. The summed E-state index contributed by atoms with van der Waals surface area (Å²) in [7, 11) is 0. The molecule has 4 rings (SSSR count). The third-order valence-electron chi connectivity index (χ3n) is 4.27. The van der Waals surface area contributed by atoms with Crippen molar-refractivity contribution in [3.63, 3.8) is 0 Å². The number of carbonyl (C=O) groups excluding carboxylic acids is 1. The van der Waals surface area contributed by atoms with E-state index in [-0.39, 0.29) is 30.5 Å². The largest absolute Gasteiger partial charge is 0.464 e. The summed E-state index contributed by atoms with van der Waals surface area (Å²) in [5, 5.41) is 22.0. The zero-order chi connectivity index (χ0) is 19.7. The van der Waals surface area contributed by atoms with Crippen LogP contribution in [0, 0.1) is 5.82 Å². The number of nitrogens with one attached hydrogen (secondary N) is 1. The zero-order valence-corrected chi connectivity index (χ0v) is 14.3. The molecule has 1 aromatic carbocycles. The molecule has 0 unspecified atom stereocenters. The van der Waals surface area contributed by atoms with Crippen molar-refractivity contribution in [3.05, 3.63) is 45.7 Å². The second kappa shape index (κ2) is 7.23. The molecule has 12 heteroatoms. The first-order valence-corrected chi connectivity index (χ1v) is 8.28. The minimum atomic E-state index is -0.760. The first-order valence-electron chi connectivity index (χ1n) is 8.28. The Morgan fingerprint density at radius 3 is 3.07 bits per heavy atom. The van der Waals surface area contributed by atoms with Gasteiger partial charge in [0.2, 0.25) is 11.5 Å². The van der Waals surface area contributed by atoms with E-state index < -0.39 is 30.1 Å². The quantitative estimate of drug-likeness (QED) is 0.552. The molecule has 0 saturated heterocycles. The van der Waals surface area contributed by atoms with E-state index in [1.54, 1.807) is 6.07 Å².